The molecule has 0 saturated carbocycles. The summed E-state index contributed by atoms with van der Waals surface area (Å²) < 4.78 is 5.00. The minimum absolute atomic E-state index is 0.0735. The molecule has 3 heteroatoms. The van der Waals surface area contributed by atoms with Crippen molar-refractivity contribution in [2.75, 3.05) is 7.11 Å². The van der Waals surface area contributed by atoms with E-state index in [1.807, 2.05) is 36.4 Å². The molecule has 1 aromatic heterocycles. The smallest absolute Gasteiger partial charge is 0.212 e. The Morgan fingerprint density at radius 2 is 1.71 bits per heavy atom. The van der Waals surface area contributed by atoms with Crippen LogP contribution in [0.5, 0.6) is 5.88 Å². The molecule has 0 aliphatic carbocycles. The van der Waals surface area contributed by atoms with E-state index in [2.05, 4.69) is 4.98 Å². The monoisotopic (exact) mass is 227 g/mol. The number of pyridine rings is 1. The Hall–Kier alpha value is -2.16. The number of ether oxygens (including phenoxy) is 1. The fourth-order valence-corrected chi connectivity index (χ4v) is 1.57. The number of carbonyl (C=O) groups is 1. The SMILES string of the molecule is COc1ccc(-c2ccc(C(C)=O)cc2)cn1. The molecule has 0 unspecified atom stereocenters. The van der Waals surface area contributed by atoms with Crippen LogP contribution in [0.3, 0.4) is 0 Å². The lowest BCUT2D eigenvalue weighted by Crippen LogP contribution is -1.91. The largest absolute Gasteiger partial charge is 0.481 e. The van der Waals surface area contributed by atoms with Crippen LogP contribution in [-0.4, -0.2) is 17.9 Å². The van der Waals surface area contributed by atoms with E-state index >= 15 is 0 Å². The van der Waals surface area contributed by atoms with Crippen LogP contribution in [-0.2, 0) is 0 Å². The van der Waals surface area contributed by atoms with Gasteiger partial charge in [0.2, 0.25) is 5.88 Å². The lowest BCUT2D eigenvalue weighted by atomic mass is 10.0. The van der Waals surface area contributed by atoms with Gasteiger partial charge in [0.1, 0.15) is 0 Å². The Bertz CT molecular complexity index is 515. The van der Waals surface area contributed by atoms with E-state index < -0.39 is 0 Å². The summed E-state index contributed by atoms with van der Waals surface area (Å²) in [4.78, 5) is 15.3. The highest BCUT2D eigenvalue weighted by Gasteiger charge is 2.01. The van der Waals surface area contributed by atoms with Gasteiger partial charge in [-0.3, -0.25) is 4.79 Å². The molecule has 0 amide bonds. The second kappa shape index (κ2) is 4.78. The summed E-state index contributed by atoms with van der Waals surface area (Å²) in [7, 11) is 1.59. The van der Waals surface area contributed by atoms with Crippen LogP contribution in [0.15, 0.2) is 42.6 Å². The van der Waals surface area contributed by atoms with Gasteiger partial charge >= 0.3 is 0 Å². The van der Waals surface area contributed by atoms with Crippen LogP contribution in [0.4, 0.5) is 0 Å². The van der Waals surface area contributed by atoms with E-state index in [9.17, 15) is 4.79 Å². The summed E-state index contributed by atoms with van der Waals surface area (Å²) >= 11 is 0. The number of aromatic nitrogens is 1. The number of carbonyl (C=O) groups excluding carboxylic acids is 1. The summed E-state index contributed by atoms with van der Waals surface area (Å²) in [5, 5.41) is 0. The molecule has 1 heterocycles. The van der Waals surface area contributed by atoms with E-state index in [4.69, 9.17) is 4.74 Å². The van der Waals surface area contributed by atoms with Crippen molar-refractivity contribution in [1.82, 2.24) is 4.98 Å². The highest BCUT2D eigenvalue weighted by molar-refractivity contribution is 5.94. The van der Waals surface area contributed by atoms with Gasteiger partial charge in [-0.1, -0.05) is 24.3 Å². The zero-order chi connectivity index (χ0) is 12.3. The lowest BCUT2D eigenvalue weighted by molar-refractivity contribution is 0.101. The maximum absolute atomic E-state index is 11.1. The number of benzene rings is 1. The average Bonchev–Trinajstić information content (AvgIpc) is 2.39. The fourth-order valence-electron chi connectivity index (χ4n) is 1.57. The first kappa shape index (κ1) is 11.3. The Morgan fingerprint density at radius 1 is 1.06 bits per heavy atom. The third-order valence-electron chi connectivity index (χ3n) is 2.57. The first-order valence-electron chi connectivity index (χ1n) is 5.32. The second-order valence-electron chi connectivity index (χ2n) is 3.72. The lowest BCUT2D eigenvalue weighted by Gasteiger charge is -2.03. The van der Waals surface area contributed by atoms with Crippen molar-refractivity contribution in [3.05, 3.63) is 48.2 Å². The van der Waals surface area contributed by atoms with Gasteiger partial charge < -0.3 is 4.74 Å². The predicted molar refractivity (Wildman–Crippen MR) is 66.2 cm³/mol. The molecule has 0 fully saturated rings. The van der Waals surface area contributed by atoms with Gasteiger partial charge in [0.05, 0.1) is 7.11 Å². The molecular formula is C14H13NO2. The number of ketones is 1. The van der Waals surface area contributed by atoms with Crippen LogP contribution < -0.4 is 4.74 Å². The molecule has 0 saturated heterocycles. The summed E-state index contributed by atoms with van der Waals surface area (Å²) in [6.45, 7) is 1.56. The minimum Gasteiger partial charge on any atom is -0.481 e. The Labute approximate surface area is 100 Å². The molecule has 2 rings (SSSR count). The normalized spacial score (nSPS) is 10.0. The molecule has 2 aromatic rings. The van der Waals surface area contributed by atoms with Crippen LogP contribution in [0.1, 0.15) is 17.3 Å². The maximum Gasteiger partial charge on any atom is 0.212 e. The van der Waals surface area contributed by atoms with Crippen molar-refractivity contribution in [1.29, 1.82) is 0 Å². The van der Waals surface area contributed by atoms with E-state index in [1.165, 1.54) is 0 Å². The van der Waals surface area contributed by atoms with E-state index in [0.29, 0.717) is 5.88 Å². The molecular weight excluding hydrogens is 214 g/mol. The molecule has 0 N–H and O–H groups in total. The summed E-state index contributed by atoms with van der Waals surface area (Å²) in [6.07, 6.45) is 1.75. The topological polar surface area (TPSA) is 39.2 Å². The number of methoxy groups -OCH3 is 1. The minimum atomic E-state index is 0.0735. The van der Waals surface area contributed by atoms with Gasteiger partial charge in [-0.05, 0) is 18.6 Å². The Kier molecular flexibility index (Phi) is 3.19. The number of Topliss-reactive ketones (excluding diaryl/α,β-unsaturated/α-hetero) is 1. The van der Waals surface area contributed by atoms with Crippen LogP contribution >= 0.6 is 0 Å². The number of rotatable bonds is 3. The molecule has 0 aliphatic heterocycles. The molecule has 1 aromatic carbocycles. The first-order chi connectivity index (χ1) is 8.20. The molecule has 0 spiro atoms. The van der Waals surface area contributed by atoms with Crippen LogP contribution in [0.25, 0.3) is 11.1 Å². The van der Waals surface area contributed by atoms with Gasteiger partial charge in [-0.2, -0.15) is 0 Å². The van der Waals surface area contributed by atoms with Crippen molar-refractivity contribution < 1.29 is 9.53 Å². The van der Waals surface area contributed by atoms with Gasteiger partial charge in [-0.25, -0.2) is 4.98 Å². The van der Waals surface area contributed by atoms with Gasteiger partial charge in [-0.15, -0.1) is 0 Å². The van der Waals surface area contributed by atoms with E-state index in [0.717, 1.165) is 16.7 Å². The third kappa shape index (κ3) is 2.50. The highest BCUT2D eigenvalue weighted by Crippen LogP contribution is 2.20. The van der Waals surface area contributed by atoms with E-state index in [1.54, 1.807) is 20.2 Å². The van der Waals surface area contributed by atoms with Crippen molar-refractivity contribution in [2.45, 2.75) is 6.92 Å². The Balaban J connectivity index is 2.29. The zero-order valence-electron chi connectivity index (χ0n) is 9.81. The highest BCUT2D eigenvalue weighted by atomic mass is 16.5. The molecule has 3 nitrogen and oxygen atoms in total. The van der Waals surface area contributed by atoms with Gasteiger partial charge in [0, 0.05) is 23.4 Å². The number of nitrogens with zero attached hydrogens (tertiary/aromatic N) is 1. The average molecular weight is 227 g/mol. The van der Waals surface area contributed by atoms with Crippen molar-refractivity contribution >= 4 is 5.78 Å². The molecule has 86 valence electrons. The Morgan fingerprint density at radius 3 is 2.18 bits per heavy atom. The molecule has 0 bridgehead atoms. The van der Waals surface area contributed by atoms with Crippen molar-refractivity contribution in [3.8, 4) is 17.0 Å². The number of hydrogen-bond donors (Lipinski definition) is 0. The van der Waals surface area contributed by atoms with Gasteiger partial charge in [0.25, 0.3) is 0 Å². The summed E-state index contributed by atoms with van der Waals surface area (Å²) in [5.41, 5.74) is 2.75. The fraction of sp³-hybridized carbons (Fsp3) is 0.143. The van der Waals surface area contributed by atoms with E-state index in [-0.39, 0.29) is 5.78 Å². The molecule has 0 atom stereocenters. The quantitative estimate of drug-likeness (QED) is 0.757. The maximum atomic E-state index is 11.1. The van der Waals surface area contributed by atoms with Crippen LogP contribution in [0, 0.1) is 0 Å². The zero-order valence-corrected chi connectivity index (χ0v) is 9.81. The summed E-state index contributed by atoms with van der Waals surface area (Å²) in [5.74, 6) is 0.665. The van der Waals surface area contributed by atoms with Crippen molar-refractivity contribution in [2.24, 2.45) is 0 Å². The van der Waals surface area contributed by atoms with Gasteiger partial charge in [0.15, 0.2) is 5.78 Å². The molecule has 0 radical (unpaired) electrons. The molecule has 0 aliphatic rings. The summed E-state index contributed by atoms with van der Waals surface area (Å²) in [6, 6.07) is 11.2. The van der Waals surface area contributed by atoms with Crippen LogP contribution in [0.2, 0.25) is 0 Å². The second-order valence-corrected chi connectivity index (χ2v) is 3.72. The first-order valence-corrected chi connectivity index (χ1v) is 5.32. The number of hydrogen-bond acceptors (Lipinski definition) is 3. The standard InChI is InChI=1S/C14H13NO2/c1-10(16)11-3-5-12(6-4-11)13-7-8-14(17-2)15-9-13/h3-9H,1-2H3. The predicted octanol–water partition coefficient (Wildman–Crippen LogP) is 2.96. The molecule has 17 heavy (non-hydrogen) atoms. The van der Waals surface area contributed by atoms with Crippen molar-refractivity contribution in [3.63, 3.8) is 0 Å². The third-order valence-corrected chi connectivity index (χ3v) is 2.57.